The van der Waals surface area contributed by atoms with E-state index in [1.165, 1.54) is 26.0 Å². The molecule has 0 aromatic heterocycles. The van der Waals surface area contributed by atoms with Crippen molar-refractivity contribution in [3.63, 3.8) is 0 Å². The minimum absolute atomic E-state index is 0.0615. The number of fused-ring (bicyclic) bond motifs is 1. The first-order chi connectivity index (χ1) is 14.4. The van der Waals surface area contributed by atoms with E-state index in [0.29, 0.717) is 17.1 Å². The fourth-order valence-electron chi connectivity index (χ4n) is 3.38. The Bertz CT molecular complexity index is 997. The molecule has 0 radical (unpaired) electrons. The Hall–Kier alpha value is -3.61. The largest absolute Gasteiger partial charge is 0.497 e. The van der Waals surface area contributed by atoms with Crippen LogP contribution in [0.5, 0.6) is 11.5 Å². The SMILES string of the molecule is COc1ccc(C(=O)COC(=O)C[C@@H]2c3ccccc3C=CN2C(C)=O)c(OC)c1. The van der Waals surface area contributed by atoms with Crippen LogP contribution in [0.25, 0.3) is 6.08 Å². The number of methoxy groups -OCH3 is 2. The summed E-state index contributed by atoms with van der Waals surface area (Å²) in [5.41, 5.74) is 2.09. The summed E-state index contributed by atoms with van der Waals surface area (Å²) < 4.78 is 15.6. The molecule has 7 heteroatoms. The molecule has 1 amide bonds. The van der Waals surface area contributed by atoms with Crippen LogP contribution < -0.4 is 9.47 Å². The summed E-state index contributed by atoms with van der Waals surface area (Å²) in [5.74, 6) is -0.261. The second-order valence-electron chi connectivity index (χ2n) is 6.74. The number of benzene rings is 2. The Morgan fingerprint density at radius 1 is 1.03 bits per heavy atom. The molecule has 1 heterocycles. The smallest absolute Gasteiger partial charge is 0.308 e. The average molecular weight is 409 g/mol. The number of hydrogen-bond acceptors (Lipinski definition) is 6. The maximum atomic E-state index is 12.5. The summed E-state index contributed by atoms with van der Waals surface area (Å²) >= 11 is 0. The average Bonchev–Trinajstić information content (AvgIpc) is 2.76. The van der Waals surface area contributed by atoms with Gasteiger partial charge in [0.1, 0.15) is 11.5 Å². The summed E-state index contributed by atoms with van der Waals surface area (Å²) in [7, 11) is 2.96. The third-order valence-electron chi connectivity index (χ3n) is 4.90. The van der Waals surface area contributed by atoms with Crippen molar-refractivity contribution in [3.05, 3.63) is 65.4 Å². The number of hydrogen-bond donors (Lipinski definition) is 0. The van der Waals surface area contributed by atoms with E-state index in [0.717, 1.165) is 11.1 Å². The molecule has 1 atom stereocenters. The maximum absolute atomic E-state index is 12.5. The first-order valence-corrected chi connectivity index (χ1v) is 9.41. The van der Waals surface area contributed by atoms with Gasteiger partial charge in [0.25, 0.3) is 0 Å². The molecule has 0 aliphatic carbocycles. The molecule has 1 aliphatic heterocycles. The number of carbonyl (C=O) groups excluding carboxylic acids is 3. The van der Waals surface area contributed by atoms with Crippen molar-refractivity contribution >= 4 is 23.7 Å². The molecule has 0 unspecified atom stereocenters. The number of amides is 1. The van der Waals surface area contributed by atoms with Crippen LogP contribution in [0.2, 0.25) is 0 Å². The molecule has 7 nitrogen and oxygen atoms in total. The van der Waals surface area contributed by atoms with E-state index in [1.807, 2.05) is 30.3 Å². The maximum Gasteiger partial charge on any atom is 0.308 e. The zero-order valence-corrected chi connectivity index (χ0v) is 17.1. The van der Waals surface area contributed by atoms with Crippen LogP contribution in [0.15, 0.2) is 48.7 Å². The third-order valence-corrected chi connectivity index (χ3v) is 4.90. The fraction of sp³-hybridized carbons (Fsp3) is 0.261. The molecule has 3 rings (SSSR count). The van der Waals surface area contributed by atoms with Gasteiger partial charge in [-0.25, -0.2) is 0 Å². The molecule has 2 aromatic rings. The van der Waals surface area contributed by atoms with Gasteiger partial charge < -0.3 is 19.1 Å². The monoisotopic (exact) mass is 409 g/mol. The minimum Gasteiger partial charge on any atom is -0.497 e. The number of ether oxygens (including phenoxy) is 3. The number of nitrogens with zero attached hydrogens (tertiary/aromatic N) is 1. The number of ketones is 1. The van der Waals surface area contributed by atoms with Gasteiger partial charge in [0, 0.05) is 19.2 Å². The Balaban J connectivity index is 1.69. The van der Waals surface area contributed by atoms with E-state index in [9.17, 15) is 14.4 Å². The molecule has 30 heavy (non-hydrogen) atoms. The van der Waals surface area contributed by atoms with Crippen LogP contribution in [0, 0.1) is 0 Å². The van der Waals surface area contributed by atoms with Crippen molar-refractivity contribution in [2.24, 2.45) is 0 Å². The van der Waals surface area contributed by atoms with Gasteiger partial charge in [0.05, 0.1) is 32.2 Å². The molecule has 0 fully saturated rings. The van der Waals surface area contributed by atoms with Gasteiger partial charge in [0.15, 0.2) is 6.61 Å². The van der Waals surface area contributed by atoms with Gasteiger partial charge in [-0.05, 0) is 29.3 Å². The molecular formula is C23H23NO6. The van der Waals surface area contributed by atoms with Crippen molar-refractivity contribution in [2.45, 2.75) is 19.4 Å². The van der Waals surface area contributed by atoms with Gasteiger partial charge in [-0.15, -0.1) is 0 Å². The summed E-state index contributed by atoms with van der Waals surface area (Å²) in [5, 5.41) is 0. The fourth-order valence-corrected chi connectivity index (χ4v) is 3.38. The summed E-state index contributed by atoms with van der Waals surface area (Å²) in [6.45, 7) is 1.02. The van der Waals surface area contributed by atoms with Crippen LogP contribution in [0.1, 0.15) is 40.9 Å². The lowest BCUT2D eigenvalue weighted by Crippen LogP contribution is -2.32. The van der Waals surface area contributed by atoms with Gasteiger partial charge in [0.2, 0.25) is 11.7 Å². The summed E-state index contributed by atoms with van der Waals surface area (Å²) in [6, 6.07) is 11.8. The topological polar surface area (TPSA) is 82.1 Å². The van der Waals surface area contributed by atoms with Crippen molar-refractivity contribution in [3.8, 4) is 11.5 Å². The molecule has 0 bridgehead atoms. The van der Waals surface area contributed by atoms with Crippen LogP contribution in [-0.2, 0) is 14.3 Å². The third kappa shape index (κ3) is 4.51. The Kier molecular flexibility index (Phi) is 6.51. The van der Waals surface area contributed by atoms with E-state index in [2.05, 4.69) is 0 Å². The van der Waals surface area contributed by atoms with Crippen LogP contribution in [0.3, 0.4) is 0 Å². The Morgan fingerprint density at radius 3 is 2.50 bits per heavy atom. The molecule has 1 aliphatic rings. The van der Waals surface area contributed by atoms with Gasteiger partial charge >= 0.3 is 5.97 Å². The van der Waals surface area contributed by atoms with Crippen molar-refractivity contribution in [1.29, 1.82) is 0 Å². The summed E-state index contributed by atoms with van der Waals surface area (Å²) in [6.07, 6.45) is 3.43. The quantitative estimate of drug-likeness (QED) is 0.515. The number of carbonyl (C=O) groups is 3. The predicted molar refractivity (Wildman–Crippen MR) is 110 cm³/mol. The second-order valence-corrected chi connectivity index (χ2v) is 6.74. The van der Waals surface area contributed by atoms with Gasteiger partial charge in [-0.3, -0.25) is 14.4 Å². The highest BCUT2D eigenvalue weighted by molar-refractivity contribution is 6.00. The van der Waals surface area contributed by atoms with E-state index < -0.39 is 24.4 Å². The molecule has 2 aromatic carbocycles. The Labute approximate surface area is 174 Å². The first kappa shape index (κ1) is 21.1. The van der Waals surface area contributed by atoms with E-state index in [-0.39, 0.29) is 12.3 Å². The van der Waals surface area contributed by atoms with Gasteiger partial charge in [-0.2, -0.15) is 0 Å². The number of esters is 1. The normalized spacial score (nSPS) is 14.6. The zero-order valence-electron chi connectivity index (χ0n) is 17.1. The zero-order chi connectivity index (χ0) is 21.7. The van der Waals surface area contributed by atoms with Crippen molar-refractivity contribution < 1.29 is 28.6 Å². The standard InChI is InChI=1S/C23H23NO6/c1-15(25)24-11-10-16-6-4-5-7-18(16)20(24)13-23(27)30-14-21(26)19-9-8-17(28-2)12-22(19)29-3/h4-12,20H,13-14H2,1-3H3/t20-/m1/s1. The lowest BCUT2D eigenvalue weighted by Gasteiger charge is -2.32. The Morgan fingerprint density at radius 2 is 1.80 bits per heavy atom. The van der Waals surface area contributed by atoms with E-state index >= 15 is 0 Å². The predicted octanol–water partition coefficient (Wildman–Crippen LogP) is 3.39. The van der Waals surface area contributed by atoms with E-state index in [4.69, 9.17) is 14.2 Å². The van der Waals surface area contributed by atoms with Gasteiger partial charge in [-0.1, -0.05) is 24.3 Å². The lowest BCUT2D eigenvalue weighted by molar-refractivity contribution is -0.144. The highest BCUT2D eigenvalue weighted by Crippen LogP contribution is 2.33. The highest BCUT2D eigenvalue weighted by atomic mass is 16.5. The second kappa shape index (κ2) is 9.26. The molecule has 156 valence electrons. The van der Waals surface area contributed by atoms with Crippen LogP contribution >= 0.6 is 0 Å². The molecule has 0 saturated carbocycles. The highest BCUT2D eigenvalue weighted by Gasteiger charge is 2.29. The molecular weight excluding hydrogens is 386 g/mol. The molecule has 0 saturated heterocycles. The minimum atomic E-state index is -0.572. The lowest BCUT2D eigenvalue weighted by atomic mass is 9.94. The number of rotatable bonds is 7. The summed E-state index contributed by atoms with van der Waals surface area (Å²) in [4.78, 5) is 38.5. The van der Waals surface area contributed by atoms with E-state index in [1.54, 1.807) is 24.4 Å². The molecule has 0 spiro atoms. The van der Waals surface area contributed by atoms with Crippen LogP contribution in [-0.4, -0.2) is 43.4 Å². The first-order valence-electron chi connectivity index (χ1n) is 9.41. The number of Topliss-reactive ketones (excluding diaryl/α,β-unsaturated/α-hetero) is 1. The van der Waals surface area contributed by atoms with Crippen LogP contribution in [0.4, 0.5) is 0 Å². The van der Waals surface area contributed by atoms with Crippen molar-refractivity contribution in [1.82, 2.24) is 4.90 Å². The van der Waals surface area contributed by atoms with Crippen molar-refractivity contribution in [2.75, 3.05) is 20.8 Å². The molecule has 0 N–H and O–H groups in total.